The second-order valence-corrected chi connectivity index (χ2v) is 8.31. The number of carbonyl (C=O) groups excluding carboxylic acids is 1. The molecule has 1 fully saturated rings. The van der Waals surface area contributed by atoms with Gasteiger partial charge in [-0.3, -0.25) is 0 Å². The van der Waals surface area contributed by atoms with Gasteiger partial charge in [0.2, 0.25) is 17.7 Å². The van der Waals surface area contributed by atoms with Gasteiger partial charge in [0.15, 0.2) is 12.4 Å². The molecule has 0 spiro atoms. The molecule has 4 N–H and O–H groups in total. The maximum Gasteiger partial charge on any atom is 0.375 e. The van der Waals surface area contributed by atoms with Crippen molar-refractivity contribution in [1.82, 2.24) is 15.0 Å². The Morgan fingerprint density at radius 3 is 2.59 bits per heavy atom. The topological polar surface area (TPSA) is 130 Å². The van der Waals surface area contributed by atoms with Gasteiger partial charge in [0.25, 0.3) is 0 Å². The largest absolute Gasteiger partial charge is 0.452 e. The van der Waals surface area contributed by atoms with E-state index < -0.39 is 5.97 Å². The van der Waals surface area contributed by atoms with Gasteiger partial charge in [-0.15, -0.1) is 0 Å². The van der Waals surface area contributed by atoms with E-state index in [4.69, 9.17) is 20.6 Å². The number of thioether (sulfide) groups is 1. The average Bonchev–Trinajstić information content (AvgIpc) is 3.09. The molecule has 8 nitrogen and oxygen atoms in total. The molecule has 1 aliphatic rings. The quantitative estimate of drug-likeness (QED) is 0.581. The minimum atomic E-state index is -0.557. The van der Waals surface area contributed by atoms with Crippen LogP contribution in [0.25, 0.3) is 11.0 Å². The number of para-hydroxylation sites is 1. The Morgan fingerprint density at radius 1 is 1.10 bits per heavy atom. The monoisotopic (exact) mass is 413 g/mol. The number of hydrogen-bond donors (Lipinski definition) is 2. The van der Waals surface area contributed by atoms with Gasteiger partial charge in [-0.1, -0.05) is 37.5 Å². The van der Waals surface area contributed by atoms with Gasteiger partial charge < -0.3 is 20.6 Å². The van der Waals surface area contributed by atoms with Crippen LogP contribution in [0.4, 0.5) is 11.9 Å². The fraction of sp³-hybridized carbons (Fsp3) is 0.400. The van der Waals surface area contributed by atoms with Crippen molar-refractivity contribution < 1.29 is 13.9 Å². The van der Waals surface area contributed by atoms with E-state index in [0.717, 1.165) is 10.9 Å². The van der Waals surface area contributed by atoms with Crippen molar-refractivity contribution >= 4 is 40.6 Å². The normalized spacial score (nSPS) is 14.9. The van der Waals surface area contributed by atoms with E-state index in [1.165, 1.54) is 32.1 Å². The number of fused-ring (bicyclic) bond motifs is 1. The number of anilines is 2. The third-order valence-corrected chi connectivity index (χ3v) is 6.35. The molecule has 0 unspecified atom stereocenters. The third kappa shape index (κ3) is 4.61. The van der Waals surface area contributed by atoms with Crippen LogP contribution in [0.2, 0.25) is 0 Å². The highest BCUT2D eigenvalue weighted by Crippen LogP contribution is 2.35. The first kappa shape index (κ1) is 19.5. The summed E-state index contributed by atoms with van der Waals surface area (Å²) in [6, 6.07) is 7.65. The second kappa shape index (κ2) is 8.69. The molecular formula is C20H23N5O3S. The van der Waals surface area contributed by atoms with Crippen LogP contribution in [-0.2, 0) is 17.1 Å². The minimum Gasteiger partial charge on any atom is -0.452 e. The van der Waals surface area contributed by atoms with E-state index >= 15 is 0 Å². The Kier molecular flexibility index (Phi) is 5.84. The second-order valence-electron chi connectivity index (χ2n) is 7.02. The van der Waals surface area contributed by atoms with E-state index in [-0.39, 0.29) is 30.1 Å². The molecule has 2 heterocycles. The lowest BCUT2D eigenvalue weighted by molar-refractivity contribution is 0.0427. The smallest absolute Gasteiger partial charge is 0.375 e. The number of esters is 1. The molecule has 1 aliphatic carbocycles. The van der Waals surface area contributed by atoms with E-state index in [1.807, 2.05) is 36.0 Å². The van der Waals surface area contributed by atoms with Gasteiger partial charge in [-0.2, -0.15) is 26.7 Å². The van der Waals surface area contributed by atoms with Gasteiger partial charge >= 0.3 is 5.97 Å². The fourth-order valence-electron chi connectivity index (χ4n) is 3.56. The van der Waals surface area contributed by atoms with Gasteiger partial charge in [0.1, 0.15) is 5.58 Å². The minimum absolute atomic E-state index is 0.0168. The van der Waals surface area contributed by atoms with Crippen molar-refractivity contribution in [2.75, 3.05) is 11.5 Å². The summed E-state index contributed by atoms with van der Waals surface area (Å²) in [7, 11) is 0. The summed E-state index contributed by atoms with van der Waals surface area (Å²) in [5.74, 6) is 0.534. The lowest BCUT2D eigenvalue weighted by Crippen LogP contribution is -2.12. The number of carbonyl (C=O) groups is 1. The lowest BCUT2D eigenvalue weighted by Gasteiger charge is -2.20. The molecule has 0 atom stereocenters. The predicted molar refractivity (Wildman–Crippen MR) is 112 cm³/mol. The van der Waals surface area contributed by atoms with Crippen LogP contribution >= 0.6 is 11.8 Å². The van der Waals surface area contributed by atoms with Gasteiger partial charge in [-0.25, -0.2) is 4.79 Å². The molecule has 9 heteroatoms. The first-order chi connectivity index (χ1) is 14.1. The molecule has 0 bridgehead atoms. The Bertz CT molecular complexity index is 996. The molecule has 0 saturated heterocycles. The van der Waals surface area contributed by atoms with Crippen LogP contribution in [0, 0.1) is 0 Å². The van der Waals surface area contributed by atoms with Gasteiger partial charge in [0, 0.05) is 22.0 Å². The number of ether oxygens (including phenoxy) is 1. The molecule has 1 saturated carbocycles. The molecule has 3 aromatic rings. The van der Waals surface area contributed by atoms with E-state index in [2.05, 4.69) is 15.0 Å². The summed E-state index contributed by atoms with van der Waals surface area (Å²) >= 11 is 1.89. The summed E-state index contributed by atoms with van der Waals surface area (Å²) in [4.78, 5) is 24.3. The van der Waals surface area contributed by atoms with Crippen molar-refractivity contribution in [1.29, 1.82) is 0 Å². The average molecular weight is 414 g/mol. The highest BCUT2D eigenvalue weighted by Gasteiger charge is 2.24. The number of benzene rings is 1. The summed E-state index contributed by atoms with van der Waals surface area (Å²) in [6.45, 7) is -0.165. The van der Waals surface area contributed by atoms with Crippen molar-refractivity contribution in [2.24, 2.45) is 0 Å². The summed E-state index contributed by atoms with van der Waals surface area (Å²) in [6.07, 6.45) is 6.31. The Hall–Kier alpha value is -2.81. The predicted octanol–water partition coefficient (Wildman–Crippen LogP) is 3.71. The highest BCUT2D eigenvalue weighted by atomic mass is 32.2. The van der Waals surface area contributed by atoms with Crippen LogP contribution in [0.15, 0.2) is 28.7 Å². The van der Waals surface area contributed by atoms with Crippen molar-refractivity contribution in [3.05, 3.63) is 41.4 Å². The molecule has 0 aliphatic heterocycles. The van der Waals surface area contributed by atoms with Crippen LogP contribution < -0.4 is 11.5 Å². The first-order valence-electron chi connectivity index (χ1n) is 9.65. The van der Waals surface area contributed by atoms with E-state index in [1.54, 1.807) is 0 Å². The SMILES string of the molecule is Nc1nc(N)nc(COC(=O)c2oc3ccccc3c2CSC2CCCCC2)n1. The third-order valence-electron chi connectivity index (χ3n) is 4.95. The number of rotatable bonds is 6. The van der Waals surface area contributed by atoms with Crippen molar-refractivity contribution in [3.63, 3.8) is 0 Å². The van der Waals surface area contributed by atoms with Gasteiger partial charge in [0.05, 0.1) is 0 Å². The van der Waals surface area contributed by atoms with Crippen molar-refractivity contribution in [2.45, 2.75) is 49.7 Å². The number of furan rings is 1. The number of nitrogen functional groups attached to an aromatic ring is 2. The Labute approximate surface area is 172 Å². The zero-order valence-electron chi connectivity index (χ0n) is 16.0. The lowest BCUT2D eigenvalue weighted by atomic mass is 10.0. The van der Waals surface area contributed by atoms with Crippen LogP contribution in [0.1, 0.15) is 54.0 Å². The Balaban J connectivity index is 1.52. The number of aromatic nitrogens is 3. The Morgan fingerprint density at radius 2 is 1.83 bits per heavy atom. The van der Waals surface area contributed by atoms with Crippen LogP contribution in [0.5, 0.6) is 0 Å². The maximum absolute atomic E-state index is 12.8. The van der Waals surface area contributed by atoms with Gasteiger partial charge in [-0.05, 0) is 18.9 Å². The summed E-state index contributed by atoms with van der Waals surface area (Å²) in [5, 5.41) is 1.56. The number of hydrogen-bond acceptors (Lipinski definition) is 9. The van der Waals surface area contributed by atoms with E-state index in [0.29, 0.717) is 16.6 Å². The fourth-order valence-corrected chi connectivity index (χ4v) is 4.91. The highest BCUT2D eigenvalue weighted by molar-refractivity contribution is 7.99. The molecule has 152 valence electrons. The first-order valence-corrected chi connectivity index (χ1v) is 10.7. The molecule has 0 radical (unpaired) electrons. The molecule has 0 amide bonds. The van der Waals surface area contributed by atoms with E-state index in [9.17, 15) is 4.79 Å². The molecule has 4 rings (SSSR count). The van der Waals surface area contributed by atoms with Crippen LogP contribution in [0.3, 0.4) is 0 Å². The van der Waals surface area contributed by atoms with Crippen LogP contribution in [-0.4, -0.2) is 26.2 Å². The zero-order valence-corrected chi connectivity index (χ0v) is 16.8. The number of nitrogens with two attached hydrogens (primary N) is 2. The molecule has 29 heavy (non-hydrogen) atoms. The molecular weight excluding hydrogens is 390 g/mol. The molecule has 2 aromatic heterocycles. The molecule has 1 aromatic carbocycles. The summed E-state index contributed by atoms with van der Waals surface area (Å²) in [5.41, 5.74) is 12.7. The zero-order chi connectivity index (χ0) is 20.2. The number of nitrogens with zero attached hydrogens (tertiary/aromatic N) is 3. The summed E-state index contributed by atoms with van der Waals surface area (Å²) < 4.78 is 11.2. The van der Waals surface area contributed by atoms with Crippen molar-refractivity contribution in [3.8, 4) is 0 Å². The standard InChI is InChI=1S/C20H23N5O3S/c21-19-23-16(24-20(22)25-19)10-27-18(26)17-14(11-29-12-6-2-1-3-7-12)13-8-4-5-9-15(13)28-17/h4-5,8-9,12H,1-3,6-7,10-11H2,(H4,21,22,23,24,25). The maximum atomic E-state index is 12.8.